The topological polar surface area (TPSA) is 38.9 Å². The quantitative estimate of drug-likeness (QED) is 0.931. The number of benzene rings is 1. The number of aromatic nitrogens is 1. The highest BCUT2D eigenvalue weighted by atomic mass is 35.5. The van der Waals surface area contributed by atoms with Crippen molar-refractivity contribution < 1.29 is 0 Å². The van der Waals surface area contributed by atoms with Crippen molar-refractivity contribution in [3.63, 3.8) is 0 Å². The molecular weight excluding hydrogens is 267 g/mol. The van der Waals surface area contributed by atoms with Gasteiger partial charge in [-0.2, -0.15) is 0 Å². The van der Waals surface area contributed by atoms with E-state index >= 15 is 0 Å². The average Bonchev–Trinajstić information content (AvgIpc) is 2.35. The highest BCUT2D eigenvalue weighted by Gasteiger charge is 2.09. The maximum Gasteiger partial charge on any atom is 0.0439 e. The van der Waals surface area contributed by atoms with Crippen LogP contribution in [0.2, 0.25) is 10.0 Å². The molecule has 0 bridgehead atoms. The third-order valence-electron chi connectivity index (χ3n) is 2.69. The van der Waals surface area contributed by atoms with Gasteiger partial charge in [0.05, 0.1) is 0 Å². The second-order valence-electron chi connectivity index (χ2n) is 4.23. The van der Waals surface area contributed by atoms with Crippen molar-refractivity contribution in [1.29, 1.82) is 0 Å². The predicted molar refractivity (Wildman–Crippen MR) is 76.1 cm³/mol. The van der Waals surface area contributed by atoms with E-state index in [1.165, 1.54) is 0 Å². The molecule has 94 valence electrons. The van der Waals surface area contributed by atoms with Gasteiger partial charge in [-0.15, -0.1) is 0 Å². The third kappa shape index (κ3) is 3.70. The first-order valence-corrected chi connectivity index (χ1v) is 6.50. The molecule has 0 fully saturated rings. The maximum atomic E-state index is 6.11. The summed E-state index contributed by atoms with van der Waals surface area (Å²) < 4.78 is 0. The summed E-state index contributed by atoms with van der Waals surface area (Å²) in [5.74, 6) is 0. The predicted octanol–water partition coefficient (Wildman–Crippen LogP) is 3.50. The van der Waals surface area contributed by atoms with E-state index in [0.29, 0.717) is 16.5 Å². The van der Waals surface area contributed by atoms with Crippen LogP contribution >= 0.6 is 23.2 Å². The van der Waals surface area contributed by atoms with Crippen LogP contribution in [0.25, 0.3) is 0 Å². The molecule has 4 heteroatoms. The zero-order valence-electron chi connectivity index (χ0n) is 9.81. The van der Waals surface area contributed by atoms with E-state index in [0.717, 1.165) is 17.7 Å². The maximum absolute atomic E-state index is 6.11. The third-order valence-corrected chi connectivity index (χ3v) is 3.29. The highest BCUT2D eigenvalue weighted by molar-refractivity contribution is 6.33. The van der Waals surface area contributed by atoms with Gasteiger partial charge in [0.25, 0.3) is 0 Å². The number of hydrogen-bond acceptors (Lipinski definition) is 2. The lowest BCUT2D eigenvalue weighted by atomic mass is 10.0. The zero-order valence-corrected chi connectivity index (χ0v) is 11.3. The summed E-state index contributed by atoms with van der Waals surface area (Å²) in [7, 11) is 0. The van der Waals surface area contributed by atoms with Crippen LogP contribution in [0.15, 0.2) is 42.6 Å². The van der Waals surface area contributed by atoms with Crippen LogP contribution in [0.3, 0.4) is 0 Å². The summed E-state index contributed by atoms with van der Waals surface area (Å²) in [6.45, 7) is 0. The van der Waals surface area contributed by atoms with Crippen molar-refractivity contribution >= 4 is 23.2 Å². The summed E-state index contributed by atoms with van der Waals surface area (Å²) in [5.41, 5.74) is 8.08. The van der Waals surface area contributed by atoms with Crippen LogP contribution in [0, 0.1) is 0 Å². The van der Waals surface area contributed by atoms with Gasteiger partial charge < -0.3 is 5.73 Å². The smallest absolute Gasteiger partial charge is 0.0439 e. The number of pyridine rings is 1. The molecule has 0 aliphatic carbocycles. The molecule has 2 aromatic rings. The summed E-state index contributed by atoms with van der Waals surface area (Å²) in [5, 5.41) is 1.38. The molecule has 1 atom stereocenters. The standard InChI is InChI=1S/C14H14Cl2N2/c15-11-4-5-14(16)10(7-11)8-12(17)9-13-3-1-2-6-18-13/h1-7,12H,8-9,17H2. The molecule has 1 aromatic heterocycles. The summed E-state index contributed by atoms with van der Waals surface area (Å²) >= 11 is 12.1. The number of hydrogen-bond donors (Lipinski definition) is 1. The summed E-state index contributed by atoms with van der Waals surface area (Å²) in [6.07, 6.45) is 3.19. The van der Waals surface area contributed by atoms with Gasteiger partial charge in [-0.05, 0) is 42.3 Å². The molecule has 2 nitrogen and oxygen atoms in total. The molecule has 1 heterocycles. The minimum absolute atomic E-state index is 0.0177. The van der Waals surface area contributed by atoms with E-state index < -0.39 is 0 Å². The second kappa shape index (κ2) is 6.19. The summed E-state index contributed by atoms with van der Waals surface area (Å²) in [4.78, 5) is 4.26. The van der Waals surface area contributed by atoms with Gasteiger partial charge in [0.15, 0.2) is 0 Å². The first-order chi connectivity index (χ1) is 8.65. The van der Waals surface area contributed by atoms with Gasteiger partial charge >= 0.3 is 0 Å². The normalized spacial score (nSPS) is 12.4. The van der Waals surface area contributed by atoms with Crippen LogP contribution in [0.4, 0.5) is 0 Å². The van der Waals surface area contributed by atoms with Crippen molar-refractivity contribution in [2.24, 2.45) is 5.73 Å². The Balaban J connectivity index is 2.03. The zero-order chi connectivity index (χ0) is 13.0. The van der Waals surface area contributed by atoms with E-state index in [1.807, 2.05) is 24.3 Å². The van der Waals surface area contributed by atoms with Gasteiger partial charge in [0.1, 0.15) is 0 Å². The highest BCUT2D eigenvalue weighted by Crippen LogP contribution is 2.22. The number of rotatable bonds is 4. The number of halogens is 2. The molecule has 18 heavy (non-hydrogen) atoms. The Bertz CT molecular complexity index is 514. The molecular formula is C14H14Cl2N2. The van der Waals surface area contributed by atoms with E-state index in [-0.39, 0.29) is 6.04 Å². The Morgan fingerprint density at radius 3 is 2.67 bits per heavy atom. The molecule has 2 rings (SSSR count). The second-order valence-corrected chi connectivity index (χ2v) is 5.07. The fourth-order valence-electron chi connectivity index (χ4n) is 1.84. The minimum atomic E-state index is -0.0177. The first kappa shape index (κ1) is 13.3. The molecule has 1 aromatic carbocycles. The lowest BCUT2D eigenvalue weighted by Gasteiger charge is -2.12. The van der Waals surface area contributed by atoms with Crippen molar-refractivity contribution in [3.05, 3.63) is 63.9 Å². The van der Waals surface area contributed by atoms with Crippen LogP contribution < -0.4 is 5.73 Å². The fraction of sp³-hybridized carbons (Fsp3) is 0.214. The lowest BCUT2D eigenvalue weighted by Crippen LogP contribution is -2.26. The molecule has 1 unspecified atom stereocenters. The monoisotopic (exact) mass is 280 g/mol. The van der Waals surface area contributed by atoms with Gasteiger partial charge in [0.2, 0.25) is 0 Å². The van der Waals surface area contributed by atoms with E-state index in [2.05, 4.69) is 4.98 Å². The van der Waals surface area contributed by atoms with Crippen LogP contribution in [0.1, 0.15) is 11.3 Å². The van der Waals surface area contributed by atoms with Gasteiger partial charge in [-0.3, -0.25) is 4.98 Å². The van der Waals surface area contributed by atoms with Crippen molar-refractivity contribution in [1.82, 2.24) is 4.98 Å². The van der Waals surface area contributed by atoms with Crippen LogP contribution in [0.5, 0.6) is 0 Å². The molecule has 0 amide bonds. The largest absolute Gasteiger partial charge is 0.327 e. The first-order valence-electron chi connectivity index (χ1n) is 5.74. The van der Waals surface area contributed by atoms with E-state index in [9.17, 15) is 0 Å². The van der Waals surface area contributed by atoms with Crippen LogP contribution in [-0.4, -0.2) is 11.0 Å². The Kier molecular flexibility index (Phi) is 4.59. The van der Waals surface area contributed by atoms with Crippen molar-refractivity contribution in [2.75, 3.05) is 0 Å². The Hall–Kier alpha value is -1.09. The molecule has 0 spiro atoms. The van der Waals surface area contributed by atoms with E-state index in [1.54, 1.807) is 18.3 Å². The fourth-order valence-corrected chi connectivity index (χ4v) is 2.23. The van der Waals surface area contributed by atoms with E-state index in [4.69, 9.17) is 28.9 Å². The SMILES string of the molecule is NC(Cc1ccccn1)Cc1cc(Cl)ccc1Cl. The number of nitrogens with zero attached hydrogens (tertiary/aromatic N) is 1. The Morgan fingerprint density at radius 1 is 1.11 bits per heavy atom. The molecule has 0 radical (unpaired) electrons. The summed E-state index contributed by atoms with van der Waals surface area (Å²) in [6, 6.07) is 11.2. The average molecular weight is 281 g/mol. The molecule has 0 aliphatic heterocycles. The van der Waals surface area contributed by atoms with Crippen LogP contribution in [-0.2, 0) is 12.8 Å². The van der Waals surface area contributed by atoms with Crippen molar-refractivity contribution in [2.45, 2.75) is 18.9 Å². The Morgan fingerprint density at radius 2 is 1.94 bits per heavy atom. The lowest BCUT2D eigenvalue weighted by molar-refractivity contribution is 0.654. The minimum Gasteiger partial charge on any atom is -0.327 e. The number of nitrogens with two attached hydrogens (primary N) is 1. The Labute approximate surface area is 117 Å². The van der Waals surface area contributed by atoms with Gasteiger partial charge in [0, 0.05) is 34.4 Å². The molecule has 2 N–H and O–H groups in total. The molecule has 0 saturated carbocycles. The van der Waals surface area contributed by atoms with Gasteiger partial charge in [-0.1, -0.05) is 29.3 Å². The molecule has 0 saturated heterocycles. The van der Waals surface area contributed by atoms with Gasteiger partial charge in [-0.25, -0.2) is 0 Å². The molecule has 0 aliphatic rings. The van der Waals surface area contributed by atoms with Crippen molar-refractivity contribution in [3.8, 4) is 0 Å².